The Kier molecular flexibility index (Phi) is 4.30. The van der Waals surface area contributed by atoms with Crippen molar-refractivity contribution in [2.24, 2.45) is 23.2 Å². The van der Waals surface area contributed by atoms with Crippen LogP contribution in [-0.2, 0) is 24.4 Å². The fourth-order valence-electron chi connectivity index (χ4n) is 6.29. The molecule has 0 amide bonds. The molecular formula is C21H20O11S. The van der Waals surface area contributed by atoms with Crippen LogP contribution in [0.15, 0.2) is 4.42 Å². The Hall–Kier alpha value is -2.54. The highest BCUT2D eigenvalue weighted by Crippen LogP contribution is 2.60. The summed E-state index contributed by atoms with van der Waals surface area (Å²) in [5.41, 5.74) is -1.10. The molecule has 12 heteroatoms. The summed E-state index contributed by atoms with van der Waals surface area (Å²) in [6.07, 6.45) is 1.32. The molecule has 0 radical (unpaired) electrons. The van der Waals surface area contributed by atoms with Gasteiger partial charge in [0.15, 0.2) is 17.5 Å². The van der Waals surface area contributed by atoms with Crippen molar-refractivity contribution >= 4 is 39.0 Å². The van der Waals surface area contributed by atoms with Gasteiger partial charge in [-0.25, -0.2) is 4.79 Å². The Balaban J connectivity index is 1.29. The summed E-state index contributed by atoms with van der Waals surface area (Å²) >= 11 is 0. The smallest absolute Gasteiger partial charge is 0.348 e. The van der Waals surface area contributed by atoms with Crippen molar-refractivity contribution in [1.29, 1.82) is 0 Å². The zero-order valence-electron chi connectivity index (χ0n) is 17.2. The van der Waals surface area contributed by atoms with Crippen molar-refractivity contribution in [3.8, 4) is 11.5 Å². The van der Waals surface area contributed by atoms with Crippen LogP contribution in [0.4, 0.5) is 0 Å². The summed E-state index contributed by atoms with van der Waals surface area (Å²) in [4.78, 5) is 38.1. The highest BCUT2D eigenvalue weighted by molar-refractivity contribution is 7.85. The molecule has 0 saturated heterocycles. The fourth-order valence-corrected chi connectivity index (χ4v) is 6.60. The lowest BCUT2D eigenvalue weighted by atomic mass is 9.49. The zero-order valence-corrected chi connectivity index (χ0v) is 18.1. The van der Waals surface area contributed by atoms with E-state index in [-0.39, 0.29) is 51.4 Å². The van der Waals surface area contributed by atoms with E-state index in [0.29, 0.717) is 25.2 Å². The van der Waals surface area contributed by atoms with Gasteiger partial charge in [0.1, 0.15) is 11.3 Å². The topological polar surface area (TPSA) is 167 Å². The number of aliphatic hydroxyl groups excluding tert-OH is 1. The van der Waals surface area contributed by atoms with Crippen molar-refractivity contribution in [2.45, 2.75) is 38.4 Å². The van der Waals surface area contributed by atoms with Crippen LogP contribution < -0.4 is 9.47 Å². The van der Waals surface area contributed by atoms with Gasteiger partial charge in [0.2, 0.25) is 11.5 Å². The first-order valence-electron chi connectivity index (χ1n) is 10.7. The number of hydrogen-bond donors (Lipinski definition) is 2. The van der Waals surface area contributed by atoms with Crippen LogP contribution in [0.5, 0.6) is 11.5 Å². The summed E-state index contributed by atoms with van der Waals surface area (Å²) in [6.45, 7) is -0.554. The normalized spacial score (nSPS) is 30.9. The molecule has 5 aliphatic rings. The average Bonchev–Trinajstić information content (AvgIpc) is 3.34. The van der Waals surface area contributed by atoms with Crippen molar-refractivity contribution < 1.29 is 51.1 Å². The second-order valence-electron chi connectivity index (χ2n) is 9.52. The number of rotatable bonds is 7. The molecule has 3 heterocycles. The van der Waals surface area contributed by atoms with Crippen LogP contribution >= 0.6 is 0 Å². The standard InChI is InChI=1S/C21H20O11S/c22-13-9-3-8-4-10(13)7-21(5-8,6-9)20(25)32-17-14-11(18(23)29-1-2-33(26,27)28)12-15(30-14)16(17)31-19(12)24/h8-10,18,23H,1-7H2,(H,26,27,28). The van der Waals surface area contributed by atoms with Crippen molar-refractivity contribution in [3.05, 3.63) is 11.1 Å². The maximum atomic E-state index is 13.4. The number of esters is 2. The number of carbonyl (C=O) groups excluding carboxylic acids is 3. The van der Waals surface area contributed by atoms with E-state index in [2.05, 4.69) is 0 Å². The molecule has 176 valence electrons. The highest BCUT2D eigenvalue weighted by Gasteiger charge is 2.59. The van der Waals surface area contributed by atoms with E-state index in [4.69, 9.17) is 23.2 Å². The van der Waals surface area contributed by atoms with Gasteiger partial charge >= 0.3 is 11.9 Å². The van der Waals surface area contributed by atoms with Crippen LogP contribution in [0, 0.1) is 23.2 Å². The number of aliphatic hydroxyl groups is 1. The second-order valence-corrected chi connectivity index (χ2v) is 11.1. The molecule has 7 rings (SSSR count). The minimum atomic E-state index is -4.32. The third-order valence-electron chi connectivity index (χ3n) is 7.45. The summed E-state index contributed by atoms with van der Waals surface area (Å²) < 4.78 is 52.1. The molecule has 3 atom stereocenters. The number of ketones is 1. The largest absolute Gasteiger partial charge is 0.448 e. The number of Topliss-reactive ketones (excluding diaryl/α,β-unsaturated/α-hetero) is 1. The molecule has 33 heavy (non-hydrogen) atoms. The molecular weight excluding hydrogens is 460 g/mol. The van der Waals surface area contributed by atoms with Crippen LogP contribution in [0.1, 0.15) is 54.3 Å². The predicted octanol–water partition coefficient (Wildman–Crippen LogP) is 1.60. The third kappa shape index (κ3) is 3.04. The summed E-state index contributed by atoms with van der Waals surface area (Å²) in [5.74, 6) is -2.04. The monoisotopic (exact) mass is 480 g/mol. The van der Waals surface area contributed by atoms with E-state index in [1.165, 1.54) is 0 Å². The summed E-state index contributed by atoms with van der Waals surface area (Å²) in [5, 5.41) is 10.4. The molecule has 6 bridgehead atoms. The minimum Gasteiger partial charge on any atom is -0.448 e. The molecule has 0 spiro atoms. The van der Waals surface area contributed by atoms with E-state index in [9.17, 15) is 27.9 Å². The molecule has 2 aromatic heterocycles. The molecule has 2 N–H and O–H groups in total. The van der Waals surface area contributed by atoms with Gasteiger partial charge in [-0.05, 0) is 38.0 Å². The summed E-state index contributed by atoms with van der Waals surface area (Å²) in [7, 11) is -4.32. The first-order chi connectivity index (χ1) is 15.6. The van der Waals surface area contributed by atoms with Crippen LogP contribution in [-0.4, -0.2) is 48.2 Å². The molecule has 3 unspecified atom stereocenters. The summed E-state index contributed by atoms with van der Waals surface area (Å²) in [6, 6.07) is 0. The number of benzene rings is 1. The van der Waals surface area contributed by atoms with Gasteiger partial charge in [0, 0.05) is 11.8 Å². The van der Waals surface area contributed by atoms with E-state index in [0.717, 1.165) is 12.8 Å². The van der Waals surface area contributed by atoms with E-state index < -0.39 is 46.1 Å². The third-order valence-corrected chi connectivity index (χ3v) is 8.13. The first kappa shape index (κ1) is 21.0. The zero-order chi connectivity index (χ0) is 23.3. The van der Waals surface area contributed by atoms with E-state index in [1.54, 1.807) is 0 Å². The molecule has 1 aliphatic heterocycles. The average molecular weight is 480 g/mol. The van der Waals surface area contributed by atoms with Crippen LogP contribution in [0.2, 0.25) is 0 Å². The molecule has 4 aliphatic carbocycles. The van der Waals surface area contributed by atoms with Gasteiger partial charge in [0.25, 0.3) is 10.1 Å². The Bertz CT molecular complexity index is 1290. The number of furan rings is 2. The molecule has 11 nitrogen and oxygen atoms in total. The predicted molar refractivity (Wildman–Crippen MR) is 106 cm³/mol. The Labute approximate surface area is 187 Å². The van der Waals surface area contributed by atoms with Gasteiger partial charge in [-0.15, -0.1) is 0 Å². The fraction of sp³-hybridized carbons (Fsp3) is 0.571. The Morgan fingerprint density at radius 3 is 2.52 bits per heavy atom. The molecule has 4 fully saturated rings. The van der Waals surface area contributed by atoms with E-state index in [1.807, 2.05) is 0 Å². The van der Waals surface area contributed by atoms with Crippen LogP contribution in [0.3, 0.4) is 0 Å². The second kappa shape index (κ2) is 6.75. The molecule has 0 aromatic carbocycles. The van der Waals surface area contributed by atoms with Gasteiger partial charge in [0.05, 0.1) is 23.3 Å². The van der Waals surface area contributed by atoms with Gasteiger partial charge in [-0.2, -0.15) is 8.42 Å². The number of fused-ring (bicyclic) bond motifs is 1. The minimum absolute atomic E-state index is 0.00548. The van der Waals surface area contributed by atoms with Gasteiger partial charge in [-0.1, -0.05) is 0 Å². The SMILES string of the molecule is O=C1Oc2c(OC(=O)C34CC5CC(C3)C(=O)C(C5)C4)c3oc2c1c3C(O)OCCS(=O)(=O)O. The number of carbonyl (C=O) groups is 3. The highest BCUT2D eigenvalue weighted by atomic mass is 32.2. The van der Waals surface area contributed by atoms with Gasteiger partial charge in [-0.3, -0.25) is 14.1 Å². The van der Waals surface area contributed by atoms with Crippen LogP contribution in [0.25, 0.3) is 11.2 Å². The maximum absolute atomic E-state index is 13.4. The number of ether oxygens (including phenoxy) is 3. The van der Waals surface area contributed by atoms with Crippen molar-refractivity contribution in [1.82, 2.24) is 0 Å². The lowest BCUT2D eigenvalue weighted by Gasteiger charge is -2.53. The molecule has 4 saturated carbocycles. The maximum Gasteiger partial charge on any atom is 0.348 e. The molecule has 2 aromatic rings. The lowest BCUT2D eigenvalue weighted by Crippen LogP contribution is -2.55. The Morgan fingerprint density at radius 1 is 1.15 bits per heavy atom. The number of hydrogen-bond acceptors (Lipinski definition) is 10. The van der Waals surface area contributed by atoms with Gasteiger partial charge < -0.3 is 23.7 Å². The quantitative estimate of drug-likeness (QED) is 0.256. The lowest BCUT2D eigenvalue weighted by molar-refractivity contribution is -0.167. The Morgan fingerprint density at radius 2 is 1.85 bits per heavy atom. The van der Waals surface area contributed by atoms with Crippen molar-refractivity contribution in [3.63, 3.8) is 0 Å². The first-order valence-corrected chi connectivity index (χ1v) is 12.3. The van der Waals surface area contributed by atoms with E-state index >= 15 is 0 Å². The van der Waals surface area contributed by atoms with Crippen molar-refractivity contribution in [2.75, 3.05) is 12.4 Å².